The van der Waals surface area contributed by atoms with Crippen LogP contribution in [0.3, 0.4) is 0 Å². The zero-order chi connectivity index (χ0) is 21.2. The number of hydrogen-bond acceptors (Lipinski definition) is 4. The smallest absolute Gasteiger partial charge is 0.338 e. The van der Waals surface area contributed by atoms with E-state index in [0.29, 0.717) is 18.4 Å². The lowest BCUT2D eigenvalue weighted by Gasteiger charge is -2.51. The molecule has 160 valence electrons. The molecule has 1 saturated carbocycles. The zero-order valence-electron chi connectivity index (χ0n) is 17.4. The SMILES string of the molecule is CC1(C)O[C@@](C)([C@H](OC(=O)c2ccc(Br)cc2)C2CCCCC2)CC[C@H]1C(=O)O. The van der Waals surface area contributed by atoms with Crippen molar-refractivity contribution in [3.8, 4) is 0 Å². The highest BCUT2D eigenvalue weighted by atomic mass is 79.9. The van der Waals surface area contributed by atoms with E-state index in [1.807, 2.05) is 32.9 Å². The molecule has 1 saturated heterocycles. The van der Waals surface area contributed by atoms with E-state index in [-0.39, 0.29) is 11.9 Å². The fourth-order valence-corrected chi connectivity index (χ4v) is 5.31. The van der Waals surface area contributed by atoms with Crippen molar-refractivity contribution in [2.75, 3.05) is 0 Å². The first kappa shape index (κ1) is 22.3. The molecule has 1 aromatic carbocycles. The van der Waals surface area contributed by atoms with Crippen LogP contribution in [-0.2, 0) is 14.3 Å². The second-order valence-corrected chi connectivity index (χ2v) is 10.1. The normalized spacial score (nSPS) is 28.5. The fraction of sp³-hybridized carbons (Fsp3) is 0.652. The molecule has 3 rings (SSSR count). The molecule has 1 N–H and O–H groups in total. The third kappa shape index (κ3) is 5.02. The minimum atomic E-state index is -0.835. The van der Waals surface area contributed by atoms with Crippen LogP contribution in [-0.4, -0.2) is 34.4 Å². The number of carbonyl (C=O) groups is 2. The van der Waals surface area contributed by atoms with Crippen LogP contribution in [0.1, 0.15) is 76.1 Å². The third-order valence-electron chi connectivity index (χ3n) is 6.56. The Balaban J connectivity index is 1.86. The van der Waals surface area contributed by atoms with Crippen LogP contribution in [0.5, 0.6) is 0 Å². The second-order valence-electron chi connectivity index (χ2n) is 9.18. The quantitative estimate of drug-likeness (QED) is 0.571. The van der Waals surface area contributed by atoms with Crippen LogP contribution in [0.2, 0.25) is 0 Å². The molecular weight excluding hydrogens is 436 g/mol. The van der Waals surface area contributed by atoms with Crippen LogP contribution < -0.4 is 0 Å². The summed E-state index contributed by atoms with van der Waals surface area (Å²) in [4.78, 5) is 24.6. The van der Waals surface area contributed by atoms with Gasteiger partial charge in [-0.1, -0.05) is 35.2 Å². The van der Waals surface area contributed by atoms with E-state index in [4.69, 9.17) is 9.47 Å². The monoisotopic (exact) mass is 466 g/mol. The summed E-state index contributed by atoms with van der Waals surface area (Å²) in [5.41, 5.74) is -1.02. The van der Waals surface area contributed by atoms with Crippen LogP contribution in [0.25, 0.3) is 0 Å². The Kier molecular flexibility index (Phi) is 6.74. The maximum Gasteiger partial charge on any atom is 0.338 e. The summed E-state index contributed by atoms with van der Waals surface area (Å²) in [6.07, 6.45) is 6.12. The Bertz CT molecular complexity index is 738. The summed E-state index contributed by atoms with van der Waals surface area (Å²) in [5.74, 6) is -1.52. The molecule has 0 amide bonds. The largest absolute Gasteiger partial charge is 0.481 e. The van der Waals surface area contributed by atoms with E-state index < -0.39 is 29.2 Å². The van der Waals surface area contributed by atoms with Crippen molar-refractivity contribution in [3.05, 3.63) is 34.3 Å². The molecule has 0 radical (unpaired) electrons. The van der Waals surface area contributed by atoms with Crippen LogP contribution in [0.4, 0.5) is 0 Å². The maximum atomic E-state index is 12.9. The van der Waals surface area contributed by atoms with Gasteiger partial charge < -0.3 is 14.6 Å². The topological polar surface area (TPSA) is 72.8 Å². The number of rotatable bonds is 5. The van der Waals surface area contributed by atoms with Gasteiger partial charge in [0.15, 0.2) is 0 Å². The first-order chi connectivity index (χ1) is 13.6. The van der Waals surface area contributed by atoms with Gasteiger partial charge in [0, 0.05) is 4.47 Å². The summed E-state index contributed by atoms with van der Waals surface area (Å²) < 4.78 is 13.5. The molecule has 29 heavy (non-hydrogen) atoms. The van der Waals surface area contributed by atoms with Gasteiger partial charge in [0.1, 0.15) is 11.7 Å². The van der Waals surface area contributed by atoms with Crippen molar-refractivity contribution in [2.45, 2.75) is 83.0 Å². The summed E-state index contributed by atoms with van der Waals surface area (Å²) >= 11 is 3.39. The van der Waals surface area contributed by atoms with Crippen molar-refractivity contribution in [3.63, 3.8) is 0 Å². The van der Waals surface area contributed by atoms with E-state index in [1.165, 1.54) is 6.42 Å². The van der Waals surface area contributed by atoms with Gasteiger partial charge in [-0.15, -0.1) is 0 Å². The van der Waals surface area contributed by atoms with Gasteiger partial charge in [-0.25, -0.2) is 4.79 Å². The standard InChI is InChI=1S/C23H31BrO5/c1-22(2)18(20(25)26)13-14-23(3,29-22)19(15-7-5-4-6-8-15)28-21(27)16-9-11-17(24)12-10-16/h9-12,15,18-19H,4-8,13-14H2,1-3H3,(H,25,26)/t18-,19+,23+/m0/s1. The third-order valence-corrected chi connectivity index (χ3v) is 7.09. The van der Waals surface area contributed by atoms with Gasteiger partial charge in [-0.2, -0.15) is 0 Å². The van der Waals surface area contributed by atoms with Crippen molar-refractivity contribution >= 4 is 27.9 Å². The summed E-state index contributed by atoms with van der Waals surface area (Å²) in [7, 11) is 0. The molecule has 0 unspecified atom stereocenters. The van der Waals surface area contributed by atoms with Crippen molar-refractivity contribution < 1.29 is 24.2 Å². The highest BCUT2D eigenvalue weighted by molar-refractivity contribution is 9.10. The molecule has 2 fully saturated rings. The van der Waals surface area contributed by atoms with Crippen molar-refractivity contribution in [2.24, 2.45) is 11.8 Å². The minimum absolute atomic E-state index is 0.227. The van der Waals surface area contributed by atoms with E-state index in [0.717, 1.165) is 30.2 Å². The fourth-order valence-electron chi connectivity index (χ4n) is 5.05. The number of hydrogen-bond donors (Lipinski definition) is 1. The van der Waals surface area contributed by atoms with E-state index >= 15 is 0 Å². The minimum Gasteiger partial charge on any atom is -0.481 e. The predicted octanol–water partition coefficient (Wildman–Crippen LogP) is 5.60. The van der Waals surface area contributed by atoms with Crippen LogP contribution >= 0.6 is 15.9 Å². The van der Waals surface area contributed by atoms with Gasteiger partial charge in [-0.05, 0) is 76.6 Å². The lowest BCUT2D eigenvalue weighted by Crippen LogP contribution is -2.59. The van der Waals surface area contributed by atoms with Gasteiger partial charge in [0.2, 0.25) is 0 Å². The molecule has 5 nitrogen and oxygen atoms in total. The first-order valence-electron chi connectivity index (χ1n) is 10.5. The number of halogens is 1. The highest BCUT2D eigenvalue weighted by Gasteiger charge is 2.53. The predicted molar refractivity (Wildman–Crippen MR) is 114 cm³/mol. The van der Waals surface area contributed by atoms with Gasteiger partial charge in [0.25, 0.3) is 0 Å². The number of aliphatic carboxylic acids is 1. The molecule has 0 bridgehead atoms. The molecule has 3 atom stereocenters. The van der Waals surface area contributed by atoms with Gasteiger partial charge in [-0.3, -0.25) is 4.79 Å². The van der Waals surface area contributed by atoms with Crippen LogP contribution in [0, 0.1) is 11.8 Å². The van der Waals surface area contributed by atoms with Gasteiger partial charge >= 0.3 is 11.9 Å². The second kappa shape index (κ2) is 8.76. The molecule has 1 aromatic rings. The molecule has 0 aromatic heterocycles. The van der Waals surface area contributed by atoms with Crippen molar-refractivity contribution in [1.82, 2.24) is 0 Å². The Morgan fingerprint density at radius 2 is 1.72 bits per heavy atom. The lowest BCUT2D eigenvalue weighted by molar-refractivity contribution is -0.241. The van der Waals surface area contributed by atoms with Gasteiger partial charge in [0.05, 0.1) is 17.1 Å². The molecular formula is C23H31BrO5. The lowest BCUT2D eigenvalue weighted by atomic mass is 9.72. The molecule has 1 heterocycles. The number of carboxylic acid groups (broad SMARTS) is 1. The molecule has 6 heteroatoms. The number of benzene rings is 1. The van der Waals surface area contributed by atoms with E-state index in [9.17, 15) is 14.7 Å². The first-order valence-corrected chi connectivity index (χ1v) is 11.3. The Morgan fingerprint density at radius 1 is 1.10 bits per heavy atom. The van der Waals surface area contributed by atoms with E-state index in [2.05, 4.69) is 15.9 Å². The molecule has 1 aliphatic heterocycles. The number of esters is 1. The Hall–Kier alpha value is -1.40. The van der Waals surface area contributed by atoms with E-state index in [1.54, 1.807) is 12.1 Å². The number of ether oxygens (including phenoxy) is 2. The highest BCUT2D eigenvalue weighted by Crippen LogP contribution is 2.45. The Morgan fingerprint density at radius 3 is 2.28 bits per heavy atom. The number of carbonyl (C=O) groups excluding carboxylic acids is 1. The van der Waals surface area contributed by atoms with Crippen LogP contribution in [0.15, 0.2) is 28.7 Å². The average molecular weight is 467 g/mol. The number of carboxylic acids is 1. The summed E-state index contributed by atoms with van der Waals surface area (Å²) in [6.45, 7) is 5.65. The Labute approximate surface area is 181 Å². The van der Waals surface area contributed by atoms with Crippen molar-refractivity contribution in [1.29, 1.82) is 0 Å². The average Bonchev–Trinajstić information content (AvgIpc) is 2.66. The summed E-state index contributed by atoms with van der Waals surface area (Å²) in [5, 5.41) is 9.58. The molecule has 1 aliphatic carbocycles. The molecule has 0 spiro atoms. The zero-order valence-corrected chi connectivity index (χ0v) is 19.0. The maximum absolute atomic E-state index is 12.9. The summed E-state index contributed by atoms with van der Waals surface area (Å²) in [6, 6.07) is 7.15. The molecule has 2 aliphatic rings.